The molecule has 5 nitrogen and oxygen atoms in total. The van der Waals surface area contributed by atoms with Crippen LogP contribution in [0, 0.1) is 0 Å². The molecule has 0 unspecified atom stereocenters. The van der Waals surface area contributed by atoms with Crippen LogP contribution < -0.4 is 0 Å². The first-order chi connectivity index (χ1) is 7.75. The predicted molar refractivity (Wildman–Crippen MR) is 61.4 cm³/mol. The van der Waals surface area contributed by atoms with Gasteiger partial charge in [0.1, 0.15) is 5.82 Å². The first-order valence-electron chi connectivity index (χ1n) is 5.46. The molecule has 16 heavy (non-hydrogen) atoms. The molecule has 1 saturated carbocycles. The Morgan fingerprint density at radius 3 is 2.94 bits per heavy atom. The highest BCUT2D eigenvalue weighted by atomic mass is 32.2. The minimum atomic E-state index is -0.791. The van der Waals surface area contributed by atoms with Crippen LogP contribution in [0.2, 0.25) is 0 Å². The average Bonchev–Trinajstić information content (AvgIpc) is 2.85. The van der Waals surface area contributed by atoms with Gasteiger partial charge in [-0.1, -0.05) is 12.8 Å². The zero-order valence-corrected chi connectivity index (χ0v) is 9.79. The standard InChI is InChI=1S/C10H15N3O2S/c14-9(15)6-16-5-8-11-10(13-12-8)7-3-1-2-4-7/h7H,1-6H2,(H,14,15)(H,11,12,13). The minimum absolute atomic E-state index is 0.111. The lowest BCUT2D eigenvalue weighted by Gasteiger charge is -2.00. The molecule has 0 radical (unpaired) electrons. The van der Waals surface area contributed by atoms with Gasteiger partial charge in [-0.05, 0) is 12.8 Å². The van der Waals surface area contributed by atoms with E-state index in [1.54, 1.807) is 0 Å². The number of carboxylic acids is 1. The third-order valence-corrected chi connectivity index (χ3v) is 3.66. The molecular weight excluding hydrogens is 226 g/mol. The summed E-state index contributed by atoms with van der Waals surface area (Å²) >= 11 is 1.34. The molecule has 1 aromatic rings. The molecule has 6 heteroatoms. The average molecular weight is 241 g/mol. The molecule has 2 N–H and O–H groups in total. The number of aliphatic carboxylic acids is 1. The summed E-state index contributed by atoms with van der Waals surface area (Å²) < 4.78 is 0. The summed E-state index contributed by atoms with van der Waals surface area (Å²) in [6.07, 6.45) is 4.89. The van der Waals surface area contributed by atoms with Gasteiger partial charge in [-0.2, -0.15) is 5.10 Å². The lowest BCUT2D eigenvalue weighted by atomic mass is 10.1. The van der Waals surface area contributed by atoms with Crippen molar-refractivity contribution in [2.24, 2.45) is 0 Å². The molecular formula is C10H15N3O2S. The molecule has 0 aromatic carbocycles. The molecule has 1 heterocycles. The van der Waals surface area contributed by atoms with Crippen molar-refractivity contribution in [1.82, 2.24) is 15.2 Å². The molecule has 0 spiro atoms. The van der Waals surface area contributed by atoms with E-state index in [4.69, 9.17) is 5.11 Å². The molecule has 1 aromatic heterocycles. The SMILES string of the molecule is O=C(O)CSCc1nc(C2CCCC2)n[nH]1. The molecule has 0 atom stereocenters. The first-order valence-corrected chi connectivity index (χ1v) is 6.62. The number of nitrogens with one attached hydrogen (secondary N) is 1. The van der Waals surface area contributed by atoms with Crippen molar-refractivity contribution in [1.29, 1.82) is 0 Å². The van der Waals surface area contributed by atoms with Gasteiger partial charge in [0, 0.05) is 5.92 Å². The fourth-order valence-corrected chi connectivity index (χ4v) is 2.58. The maximum atomic E-state index is 10.3. The molecule has 2 rings (SSSR count). The highest BCUT2D eigenvalue weighted by Crippen LogP contribution is 2.31. The van der Waals surface area contributed by atoms with Gasteiger partial charge < -0.3 is 5.11 Å². The number of H-pyrrole nitrogens is 1. The second-order valence-electron chi connectivity index (χ2n) is 4.01. The van der Waals surface area contributed by atoms with Crippen molar-refractivity contribution in [3.05, 3.63) is 11.6 Å². The fourth-order valence-electron chi connectivity index (χ4n) is 1.98. The van der Waals surface area contributed by atoms with Crippen molar-refractivity contribution in [3.8, 4) is 0 Å². The summed E-state index contributed by atoms with van der Waals surface area (Å²) in [5, 5.41) is 15.6. The quantitative estimate of drug-likeness (QED) is 0.821. The van der Waals surface area contributed by atoms with E-state index < -0.39 is 5.97 Å². The molecule has 1 aliphatic rings. The summed E-state index contributed by atoms with van der Waals surface area (Å²) in [6, 6.07) is 0. The topological polar surface area (TPSA) is 78.9 Å². The summed E-state index contributed by atoms with van der Waals surface area (Å²) in [5.74, 6) is 2.11. The van der Waals surface area contributed by atoms with Gasteiger partial charge in [-0.3, -0.25) is 9.89 Å². The van der Waals surface area contributed by atoms with Crippen molar-refractivity contribution >= 4 is 17.7 Å². The van der Waals surface area contributed by atoms with Crippen molar-refractivity contribution in [2.45, 2.75) is 37.4 Å². The Morgan fingerprint density at radius 1 is 1.50 bits per heavy atom. The lowest BCUT2D eigenvalue weighted by Crippen LogP contribution is -1.99. The van der Waals surface area contributed by atoms with Crippen LogP contribution in [-0.2, 0) is 10.5 Å². The van der Waals surface area contributed by atoms with Gasteiger partial charge >= 0.3 is 5.97 Å². The molecule has 0 bridgehead atoms. The van der Waals surface area contributed by atoms with Gasteiger partial charge in [0.15, 0.2) is 5.82 Å². The zero-order chi connectivity index (χ0) is 11.4. The number of hydrogen-bond donors (Lipinski definition) is 2. The van der Waals surface area contributed by atoms with Crippen LogP contribution in [0.15, 0.2) is 0 Å². The second kappa shape index (κ2) is 5.34. The number of thioether (sulfide) groups is 1. The van der Waals surface area contributed by atoms with Crippen molar-refractivity contribution in [3.63, 3.8) is 0 Å². The Labute approximate surface area is 98.0 Å². The van der Waals surface area contributed by atoms with E-state index in [1.165, 1.54) is 37.4 Å². The highest BCUT2D eigenvalue weighted by molar-refractivity contribution is 7.99. The predicted octanol–water partition coefficient (Wildman–Crippen LogP) is 1.78. The monoisotopic (exact) mass is 241 g/mol. The number of nitrogens with zero attached hydrogens (tertiary/aromatic N) is 2. The Bertz CT molecular complexity index is 361. The van der Waals surface area contributed by atoms with E-state index in [2.05, 4.69) is 15.2 Å². The summed E-state index contributed by atoms with van der Waals surface area (Å²) in [5.41, 5.74) is 0. The molecule has 1 fully saturated rings. The Kier molecular flexibility index (Phi) is 3.82. The number of aromatic amines is 1. The number of carboxylic acid groups (broad SMARTS) is 1. The zero-order valence-electron chi connectivity index (χ0n) is 8.98. The van der Waals surface area contributed by atoms with Crippen molar-refractivity contribution < 1.29 is 9.90 Å². The summed E-state index contributed by atoms with van der Waals surface area (Å²) in [7, 11) is 0. The molecule has 1 aliphatic carbocycles. The largest absolute Gasteiger partial charge is 0.481 e. The maximum absolute atomic E-state index is 10.3. The van der Waals surface area contributed by atoms with Crippen LogP contribution in [0.3, 0.4) is 0 Å². The van der Waals surface area contributed by atoms with Crippen LogP contribution >= 0.6 is 11.8 Å². The van der Waals surface area contributed by atoms with Crippen molar-refractivity contribution in [2.75, 3.05) is 5.75 Å². The van der Waals surface area contributed by atoms with Crippen LogP contribution in [0.1, 0.15) is 43.3 Å². The normalized spacial score (nSPS) is 16.8. The van der Waals surface area contributed by atoms with E-state index in [0.29, 0.717) is 11.7 Å². The number of hydrogen-bond acceptors (Lipinski definition) is 4. The number of carbonyl (C=O) groups is 1. The van der Waals surface area contributed by atoms with Gasteiger partial charge in [0.05, 0.1) is 11.5 Å². The van der Waals surface area contributed by atoms with E-state index in [-0.39, 0.29) is 5.75 Å². The Balaban J connectivity index is 1.84. The van der Waals surface area contributed by atoms with Crippen LogP contribution in [0.4, 0.5) is 0 Å². The molecule has 88 valence electrons. The second-order valence-corrected chi connectivity index (χ2v) is 4.99. The summed E-state index contributed by atoms with van der Waals surface area (Å²) in [4.78, 5) is 14.7. The minimum Gasteiger partial charge on any atom is -0.481 e. The maximum Gasteiger partial charge on any atom is 0.313 e. The van der Waals surface area contributed by atoms with Crippen LogP contribution in [0.5, 0.6) is 0 Å². The van der Waals surface area contributed by atoms with Gasteiger partial charge in [-0.15, -0.1) is 11.8 Å². The van der Waals surface area contributed by atoms with E-state index in [0.717, 1.165) is 11.6 Å². The Hall–Kier alpha value is -1.04. The first kappa shape index (κ1) is 11.4. The molecule has 0 amide bonds. The van der Waals surface area contributed by atoms with Gasteiger partial charge in [0.25, 0.3) is 0 Å². The van der Waals surface area contributed by atoms with E-state index in [9.17, 15) is 4.79 Å². The van der Waals surface area contributed by atoms with Crippen LogP contribution in [-0.4, -0.2) is 32.0 Å². The lowest BCUT2D eigenvalue weighted by molar-refractivity contribution is -0.133. The third-order valence-electron chi connectivity index (χ3n) is 2.73. The molecule has 0 saturated heterocycles. The highest BCUT2D eigenvalue weighted by Gasteiger charge is 2.20. The Morgan fingerprint density at radius 2 is 2.25 bits per heavy atom. The third kappa shape index (κ3) is 2.98. The fraction of sp³-hybridized carbons (Fsp3) is 0.700. The van der Waals surface area contributed by atoms with Gasteiger partial charge in [0.2, 0.25) is 0 Å². The van der Waals surface area contributed by atoms with Crippen LogP contribution in [0.25, 0.3) is 0 Å². The van der Waals surface area contributed by atoms with Gasteiger partial charge in [-0.25, -0.2) is 4.98 Å². The number of aromatic nitrogens is 3. The smallest absolute Gasteiger partial charge is 0.313 e. The summed E-state index contributed by atoms with van der Waals surface area (Å²) in [6.45, 7) is 0. The van der Waals surface area contributed by atoms with E-state index >= 15 is 0 Å². The molecule has 0 aliphatic heterocycles. The van der Waals surface area contributed by atoms with E-state index in [1.807, 2.05) is 0 Å². The number of rotatable bonds is 5.